The Morgan fingerprint density at radius 1 is 1.40 bits per heavy atom. The van der Waals surface area contributed by atoms with Gasteiger partial charge in [0.1, 0.15) is 5.56 Å². The number of carbonyl (C=O) groups is 1. The summed E-state index contributed by atoms with van der Waals surface area (Å²) in [5, 5.41) is 2.78. The summed E-state index contributed by atoms with van der Waals surface area (Å²) in [4.78, 5) is 25.7. The first-order valence-corrected chi connectivity index (χ1v) is 5.00. The van der Waals surface area contributed by atoms with E-state index in [2.05, 4.69) is 10.3 Å². The second-order valence-corrected chi connectivity index (χ2v) is 3.93. The zero-order valence-electron chi connectivity index (χ0n) is 9.20. The van der Waals surface area contributed by atoms with Gasteiger partial charge in [0.25, 0.3) is 5.91 Å². The lowest BCUT2D eigenvalue weighted by molar-refractivity contribution is 0.0929. The van der Waals surface area contributed by atoms with Gasteiger partial charge >= 0.3 is 0 Å². The van der Waals surface area contributed by atoms with Crippen LogP contribution in [0.25, 0.3) is 0 Å². The van der Waals surface area contributed by atoms with Crippen LogP contribution in [0, 0.1) is 5.92 Å². The molecule has 1 aromatic heterocycles. The highest BCUT2D eigenvalue weighted by molar-refractivity contribution is 5.93. The Morgan fingerprint density at radius 2 is 2.07 bits per heavy atom. The third kappa shape index (κ3) is 2.94. The van der Waals surface area contributed by atoms with Crippen LogP contribution in [0.4, 0.5) is 0 Å². The average molecular weight is 208 g/mol. The maximum Gasteiger partial charge on any atom is 0.256 e. The van der Waals surface area contributed by atoms with E-state index in [9.17, 15) is 9.59 Å². The Balaban J connectivity index is 2.79. The van der Waals surface area contributed by atoms with Crippen LogP contribution in [0.5, 0.6) is 0 Å². The molecule has 0 saturated heterocycles. The molecule has 1 heterocycles. The van der Waals surface area contributed by atoms with E-state index in [4.69, 9.17) is 0 Å². The van der Waals surface area contributed by atoms with Gasteiger partial charge in [-0.2, -0.15) is 0 Å². The molecular formula is C11H16N2O2. The van der Waals surface area contributed by atoms with Gasteiger partial charge in [0, 0.05) is 24.5 Å². The van der Waals surface area contributed by atoms with E-state index in [0.717, 1.165) is 0 Å². The van der Waals surface area contributed by atoms with Gasteiger partial charge in [-0.05, 0) is 12.8 Å². The predicted octanol–water partition coefficient (Wildman–Crippen LogP) is 1.15. The Morgan fingerprint density at radius 3 is 2.60 bits per heavy atom. The summed E-state index contributed by atoms with van der Waals surface area (Å²) in [7, 11) is 0. The Kier molecular flexibility index (Phi) is 3.66. The molecule has 1 amide bonds. The molecule has 1 atom stereocenters. The molecular weight excluding hydrogens is 192 g/mol. The summed E-state index contributed by atoms with van der Waals surface area (Å²) in [5.41, 5.74) is -0.104. The molecule has 1 aromatic rings. The Labute approximate surface area is 88.7 Å². The fraction of sp³-hybridized carbons (Fsp3) is 0.455. The smallest absolute Gasteiger partial charge is 0.256 e. The van der Waals surface area contributed by atoms with Crippen molar-refractivity contribution in [2.45, 2.75) is 26.8 Å². The molecule has 2 N–H and O–H groups in total. The van der Waals surface area contributed by atoms with E-state index in [1.165, 1.54) is 18.5 Å². The molecule has 0 aliphatic rings. The monoisotopic (exact) mass is 208 g/mol. The molecule has 4 heteroatoms. The van der Waals surface area contributed by atoms with Crippen molar-refractivity contribution < 1.29 is 4.79 Å². The zero-order valence-corrected chi connectivity index (χ0v) is 9.20. The molecule has 4 nitrogen and oxygen atoms in total. The van der Waals surface area contributed by atoms with Crippen LogP contribution in [0.15, 0.2) is 23.3 Å². The molecule has 1 rings (SSSR count). The third-order valence-corrected chi connectivity index (χ3v) is 2.43. The fourth-order valence-electron chi connectivity index (χ4n) is 1.04. The number of aromatic amines is 1. The Hall–Kier alpha value is -1.58. The molecule has 0 aromatic carbocycles. The van der Waals surface area contributed by atoms with Crippen molar-refractivity contribution >= 4 is 5.91 Å². The molecule has 15 heavy (non-hydrogen) atoms. The maximum absolute atomic E-state index is 11.6. The fourth-order valence-corrected chi connectivity index (χ4v) is 1.04. The normalized spacial score (nSPS) is 12.5. The van der Waals surface area contributed by atoms with Crippen LogP contribution in [0.1, 0.15) is 31.1 Å². The number of hydrogen-bond acceptors (Lipinski definition) is 2. The first kappa shape index (κ1) is 11.5. The molecule has 0 aliphatic carbocycles. The summed E-state index contributed by atoms with van der Waals surface area (Å²) >= 11 is 0. The molecule has 82 valence electrons. The highest BCUT2D eigenvalue weighted by atomic mass is 16.2. The second kappa shape index (κ2) is 4.77. The first-order chi connectivity index (χ1) is 7.02. The largest absolute Gasteiger partial charge is 0.367 e. The Bertz CT molecular complexity index is 396. The van der Waals surface area contributed by atoms with Crippen LogP contribution < -0.4 is 10.7 Å². The minimum absolute atomic E-state index is 0.0529. The molecule has 0 bridgehead atoms. The maximum atomic E-state index is 11.6. The molecule has 0 aliphatic heterocycles. The van der Waals surface area contributed by atoms with Crippen LogP contribution >= 0.6 is 0 Å². The van der Waals surface area contributed by atoms with Crippen LogP contribution in [0.2, 0.25) is 0 Å². The van der Waals surface area contributed by atoms with E-state index >= 15 is 0 Å². The lowest BCUT2D eigenvalue weighted by atomic mass is 10.1. The van der Waals surface area contributed by atoms with Crippen molar-refractivity contribution in [2.75, 3.05) is 0 Å². The van der Waals surface area contributed by atoms with Gasteiger partial charge in [0.2, 0.25) is 0 Å². The summed E-state index contributed by atoms with van der Waals surface area (Å²) in [6.45, 7) is 5.94. The van der Waals surface area contributed by atoms with Crippen molar-refractivity contribution in [1.29, 1.82) is 0 Å². The van der Waals surface area contributed by atoms with Gasteiger partial charge in [-0.25, -0.2) is 0 Å². The average Bonchev–Trinajstić information content (AvgIpc) is 2.18. The minimum Gasteiger partial charge on any atom is -0.367 e. The zero-order chi connectivity index (χ0) is 11.4. The van der Waals surface area contributed by atoms with Crippen molar-refractivity contribution in [3.05, 3.63) is 34.2 Å². The van der Waals surface area contributed by atoms with E-state index in [1.807, 2.05) is 20.8 Å². The van der Waals surface area contributed by atoms with Crippen molar-refractivity contribution in [1.82, 2.24) is 10.3 Å². The van der Waals surface area contributed by atoms with Gasteiger partial charge in [-0.3, -0.25) is 9.59 Å². The lowest BCUT2D eigenvalue weighted by Gasteiger charge is -2.16. The van der Waals surface area contributed by atoms with E-state index < -0.39 is 0 Å². The molecule has 0 fully saturated rings. The van der Waals surface area contributed by atoms with Gasteiger partial charge in [0.05, 0.1) is 0 Å². The van der Waals surface area contributed by atoms with Crippen LogP contribution in [-0.4, -0.2) is 16.9 Å². The number of rotatable bonds is 3. The number of aromatic nitrogens is 1. The minimum atomic E-state index is -0.321. The van der Waals surface area contributed by atoms with Gasteiger partial charge in [-0.1, -0.05) is 13.8 Å². The van der Waals surface area contributed by atoms with E-state index in [0.29, 0.717) is 5.92 Å². The number of nitrogens with one attached hydrogen (secondary N) is 2. The van der Waals surface area contributed by atoms with Crippen LogP contribution in [0.3, 0.4) is 0 Å². The summed E-state index contributed by atoms with van der Waals surface area (Å²) in [5.74, 6) is 0.0230. The molecule has 1 unspecified atom stereocenters. The van der Waals surface area contributed by atoms with Crippen molar-refractivity contribution in [2.24, 2.45) is 5.92 Å². The SMILES string of the molecule is CC(C)C(C)NC(=O)c1c[nH]ccc1=O. The second-order valence-electron chi connectivity index (χ2n) is 3.93. The van der Waals surface area contributed by atoms with Crippen molar-refractivity contribution in [3.63, 3.8) is 0 Å². The summed E-state index contributed by atoms with van der Waals surface area (Å²) in [6, 6.07) is 1.40. The highest BCUT2D eigenvalue weighted by Crippen LogP contribution is 2.00. The van der Waals surface area contributed by atoms with Crippen LogP contribution in [-0.2, 0) is 0 Å². The predicted molar refractivity (Wildman–Crippen MR) is 58.8 cm³/mol. The molecule has 0 radical (unpaired) electrons. The number of pyridine rings is 1. The number of carbonyl (C=O) groups excluding carboxylic acids is 1. The number of hydrogen-bond donors (Lipinski definition) is 2. The van der Waals surface area contributed by atoms with E-state index in [-0.39, 0.29) is 22.9 Å². The van der Waals surface area contributed by atoms with Gasteiger partial charge in [-0.15, -0.1) is 0 Å². The number of H-pyrrole nitrogens is 1. The third-order valence-electron chi connectivity index (χ3n) is 2.43. The lowest BCUT2D eigenvalue weighted by Crippen LogP contribution is -2.38. The number of amides is 1. The topological polar surface area (TPSA) is 62.0 Å². The van der Waals surface area contributed by atoms with Gasteiger partial charge in [0.15, 0.2) is 5.43 Å². The highest BCUT2D eigenvalue weighted by Gasteiger charge is 2.14. The summed E-state index contributed by atoms with van der Waals surface area (Å²) in [6.07, 6.45) is 2.93. The van der Waals surface area contributed by atoms with E-state index in [1.54, 1.807) is 0 Å². The molecule has 0 spiro atoms. The quantitative estimate of drug-likeness (QED) is 0.782. The van der Waals surface area contributed by atoms with Crippen molar-refractivity contribution in [3.8, 4) is 0 Å². The first-order valence-electron chi connectivity index (χ1n) is 5.00. The standard InChI is InChI=1S/C11H16N2O2/c1-7(2)8(3)13-11(15)9-6-12-5-4-10(9)14/h4-8H,1-3H3,(H,12,14)(H,13,15). The van der Waals surface area contributed by atoms with Gasteiger partial charge < -0.3 is 10.3 Å². The summed E-state index contributed by atoms with van der Waals surface area (Å²) < 4.78 is 0. The molecule has 0 saturated carbocycles.